The summed E-state index contributed by atoms with van der Waals surface area (Å²) in [5, 5.41) is 12.3. The first-order chi connectivity index (χ1) is 10.5. The fraction of sp³-hybridized carbons (Fsp3) is 0.500. The molecule has 5 nitrogen and oxygen atoms in total. The number of urea groups is 1. The molecule has 2 aromatic rings. The van der Waals surface area contributed by atoms with E-state index >= 15 is 0 Å². The number of aryl methyl sites for hydroxylation is 2. The normalized spacial score (nSPS) is 13.6. The zero-order valence-electron chi connectivity index (χ0n) is 13.6. The van der Waals surface area contributed by atoms with Crippen molar-refractivity contribution in [3.63, 3.8) is 0 Å². The number of thiophene rings is 1. The van der Waals surface area contributed by atoms with Crippen LogP contribution < -0.4 is 10.6 Å². The number of hydrogen-bond acceptors (Lipinski definition) is 3. The molecule has 2 heterocycles. The highest BCUT2D eigenvalue weighted by Gasteiger charge is 2.14. The molecule has 0 aliphatic rings. The first-order valence-electron chi connectivity index (χ1n) is 7.52. The molecule has 2 atom stereocenters. The average Bonchev–Trinajstić information content (AvgIpc) is 3.06. The molecule has 2 amide bonds. The Balaban J connectivity index is 1.76. The molecule has 0 unspecified atom stereocenters. The third-order valence-corrected chi connectivity index (χ3v) is 4.51. The number of nitrogens with zero attached hydrogens (tertiary/aromatic N) is 2. The highest BCUT2D eigenvalue weighted by Crippen LogP contribution is 2.16. The summed E-state index contributed by atoms with van der Waals surface area (Å²) >= 11 is 1.76. The Hall–Kier alpha value is -1.82. The molecule has 0 bridgehead atoms. The summed E-state index contributed by atoms with van der Waals surface area (Å²) in [5.41, 5.74) is 1.99. The third-order valence-electron chi connectivity index (χ3n) is 3.61. The van der Waals surface area contributed by atoms with E-state index in [-0.39, 0.29) is 12.1 Å². The van der Waals surface area contributed by atoms with Crippen LogP contribution in [0, 0.1) is 12.8 Å². The monoisotopic (exact) mass is 320 g/mol. The molecule has 0 aromatic carbocycles. The van der Waals surface area contributed by atoms with Gasteiger partial charge in [0, 0.05) is 30.2 Å². The summed E-state index contributed by atoms with van der Waals surface area (Å²) in [6.45, 7) is 6.74. The molecule has 0 aliphatic heterocycles. The van der Waals surface area contributed by atoms with Crippen molar-refractivity contribution in [3.8, 4) is 0 Å². The lowest BCUT2D eigenvalue weighted by atomic mass is 10.1. The van der Waals surface area contributed by atoms with Gasteiger partial charge < -0.3 is 10.6 Å². The quantitative estimate of drug-likeness (QED) is 0.859. The van der Waals surface area contributed by atoms with Crippen molar-refractivity contribution in [2.75, 3.05) is 6.54 Å². The number of rotatable bonds is 6. The first kappa shape index (κ1) is 16.5. The van der Waals surface area contributed by atoms with Crippen molar-refractivity contribution in [2.24, 2.45) is 13.0 Å². The topological polar surface area (TPSA) is 59.0 Å². The molecule has 0 radical (unpaired) electrons. The van der Waals surface area contributed by atoms with Crippen LogP contribution in [-0.2, 0) is 13.5 Å². The van der Waals surface area contributed by atoms with Crippen LogP contribution >= 0.6 is 11.3 Å². The molecular formula is C16H24N4OS. The fourth-order valence-corrected chi connectivity index (χ4v) is 3.35. The summed E-state index contributed by atoms with van der Waals surface area (Å²) in [4.78, 5) is 13.4. The molecule has 0 aliphatic carbocycles. The predicted molar refractivity (Wildman–Crippen MR) is 90.1 cm³/mol. The Kier molecular flexibility index (Phi) is 5.60. The Bertz CT molecular complexity index is 606. The average molecular weight is 320 g/mol. The lowest BCUT2D eigenvalue weighted by Crippen LogP contribution is -2.39. The van der Waals surface area contributed by atoms with Crippen LogP contribution in [-0.4, -0.2) is 22.4 Å². The minimum atomic E-state index is -0.131. The van der Waals surface area contributed by atoms with Gasteiger partial charge in [-0.05, 0) is 37.6 Å². The van der Waals surface area contributed by atoms with Crippen LogP contribution in [0.3, 0.4) is 0 Å². The minimum absolute atomic E-state index is 0.0543. The van der Waals surface area contributed by atoms with E-state index in [0.29, 0.717) is 12.5 Å². The molecule has 0 fully saturated rings. The van der Waals surface area contributed by atoms with Gasteiger partial charge in [0.25, 0.3) is 0 Å². The van der Waals surface area contributed by atoms with Crippen molar-refractivity contribution in [2.45, 2.75) is 33.2 Å². The van der Waals surface area contributed by atoms with E-state index in [1.54, 1.807) is 16.0 Å². The molecule has 0 saturated carbocycles. The Morgan fingerprint density at radius 3 is 2.82 bits per heavy atom. The van der Waals surface area contributed by atoms with Gasteiger partial charge in [0.1, 0.15) is 0 Å². The number of carbonyl (C=O) groups excluding carboxylic acids is 1. The second kappa shape index (κ2) is 7.45. The molecule has 120 valence electrons. The maximum Gasteiger partial charge on any atom is 0.315 e. The lowest BCUT2D eigenvalue weighted by Gasteiger charge is -2.16. The van der Waals surface area contributed by atoms with E-state index < -0.39 is 0 Å². The van der Waals surface area contributed by atoms with Gasteiger partial charge in [-0.2, -0.15) is 5.10 Å². The Morgan fingerprint density at radius 2 is 2.23 bits per heavy atom. The predicted octanol–water partition coefficient (Wildman–Crippen LogP) is 3.03. The highest BCUT2D eigenvalue weighted by atomic mass is 32.1. The van der Waals surface area contributed by atoms with Gasteiger partial charge in [0.2, 0.25) is 0 Å². The van der Waals surface area contributed by atoms with Gasteiger partial charge in [0.15, 0.2) is 0 Å². The van der Waals surface area contributed by atoms with E-state index in [1.807, 2.05) is 27.1 Å². The third kappa shape index (κ3) is 4.59. The van der Waals surface area contributed by atoms with Crippen LogP contribution in [0.4, 0.5) is 4.79 Å². The maximum absolute atomic E-state index is 12.0. The smallest absolute Gasteiger partial charge is 0.315 e. The lowest BCUT2D eigenvalue weighted by molar-refractivity contribution is 0.236. The van der Waals surface area contributed by atoms with Crippen LogP contribution in [0.25, 0.3) is 0 Å². The van der Waals surface area contributed by atoms with Crippen molar-refractivity contribution in [1.29, 1.82) is 0 Å². The zero-order valence-corrected chi connectivity index (χ0v) is 14.4. The molecule has 2 N–H and O–H groups in total. The van der Waals surface area contributed by atoms with Gasteiger partial charge in [0.05, 0.1) is 11.7 Å². The molecule has 2 rings (SSSR count). The summed E-state index contributed by atoms with van der Waals surface area (Å²) in [6.07, 6.45) is 2.94. The summed E-state index contributed by atoms with van der Waals surface area (Å²) in [5.74, 6) is 0.417. The number of aromatic nitrogens is 2. The van der Waals surface area contributed by atoms with Gasteiger partial charge in [-0.1, -0.05) is 13.0 Å². The van der Waals surface area contributed by atoms with E-state index in [1.165, 1.54) is 4.88 Å². The fourth-order valence-electron chi connectivity index (χ4n) is 2.48. The van der Waals surface area contributed by atoms with Gasteiger partial charge in [-0.25, -0.2) is 4.79 Å². The van der Waals surface area contributed by atoms with Crippen molar-refractivity contribution >= 4 is 17.4 Å². The largest absolute Gasteiger partial charge is 0.338 e. The number of carbonyl (C=O) groups is 1. The second-order valence-corrected chi connectivity index (χ2v) is 6.84. The molecular weight excluding hydrogens is 296 g/mol. The summed E-state index contributed by atoms with van der Waals surface area (Å²) in [7, 11) is 1.88. The van der Waals surface area contributed by atoms with Gasteiger partial charge >= 0.3 is 6.03 Å². The van der Waals surface area contributed by atoms with E-state index in [4.69, 9.17) is 0 Å². The Morgan fingerprint density at radius 1 is 1.45 bits per heavy atom. The van der Waals surface area contributed by atoms with Crippen LogP contribution in [0.1, 0.15) is 36.0 Å². The van der Waals surface area contributed by atoms with Crippen LogP contribution in [0.5, 0.6) is 0 Å². The molecule has 2 aromatic heterocycles. The zero-order chi connectivity index (χ0) is 16.1. The van der Waals surface area contributed by atoms with Crippen molar-refractivity contribution in [3.05, 3.63) is 39.8 Å². The molecule has 6 heteroatoms. The summed E-state index contributed by atoms with van der Waals surface area (Å²) < 4.78 is 1.77. The van der Waals surface area contributed by atoms with E-state index in [2.05, 4.69) is 40.2 Å². The SMILES string of the molecule is Cc1nn(C)cc1[C@@H](C)NC(=O)NC[C@H](C)Cc1cccs1. The van der Waals surface area contributed by atoms with E-state index in [9.17, 15) is 4.79 Å². The van der Waals surface area contributed by atoms with Crippen LogP contribution in [0.2, 0.25) is 0 Å². The van der Waals surface area contributed by atoms with Crippen molar-refractivity contribution < 1.29 is 4.79 Å². The van der Waals surface area contributed by atoms with Crippen LogP contribution in [0.15, 0.2) is 23.7 Å². The second-order valence-electron chi connectivity index (χ2n) is 5.81. The standard InChI is InChI=1S/C16H24N4OS/c1-11(8-14-6-5-7-22-14)9-17-16(21)18-12(2)15-10-20(4)19-13(15)3/h5-7,10-12H,8-9H2,1-4H3,(H2,17,18,21)/t11-,12-/m1/s1. The van der Waals surface area contributed by atoms with E-state index in [0.717, 1.165) is 17.7 Å². The number of nitrogens with one attached hydrogen (secondary N) is 2. The van der Waals surface area contributed by atoms with Gasteiger partial charge in [-0.15, -0.1) is 11.3 Å². The number of amides is 2. The summed E-state index contributed by atoms with van der Waals surface area (Å²) in [6, 6.07) is 4.01. The molecule has 22 heavy (non-hydrogen) atoms. The van der Waals surface area contributed by atoms with Crippen molar-refractivity contribution in [1.82, 2.24) is 20.4 Å². The molecule has 0 spiro atoms. The first-order valence-corrected chi connectivity index (χ1v) is 8.40. The highest BCUT2D eigenvalue weighted by molar-refractivity contribution is 7.09. The Labute approximate surface area is 135 Å². The van der Waals surface area contributed by atoms with Gasteiger partial charge in [-0.3, -0.25) is 4.68 Å². The minimum Gasteiger partial charge on any atom is -0.338 e. The molecule has 0 saturated heterocycles. The maximum atomic E-state index is 12.0. The number of hydrogen-bond donors (Lipinski definition) is 2.